The second kappa shape index (κ2) is 5.89. The van der Waals surface area contributed by atoms with Gasteiger partial charge in [0.15, 0.2) is 0 Å². The molecular weight excluding hydrogens is 224 g/mol. The summed E-state index contributed by atoms with van der Waals surface area (Å²) in [7, 11) is 0. The van der Waals surface area contributed by atoms with E-state index in [1.165, 1.54) is 25.7 Å². The van der Waals surface area contributed by atoms with E-state index in [0.29, 0.717) is 6.42 Å². The molecule has 0 heterocycles. The lowest BCUT2D eigenvalue weighted by Crippen LogP contribution is -2.13. The van der Waals surface area contributed by atoms with Crippen molar-refractivity contribution in [1.82, 2.24) is 0 Å². The van der Waals surface area contributed by atoms with Crippen LogP contribution < -0.4 is 11.1 Å². The molecule has 0 radical (unpaired) electrons. The first-order valence-electron chi connectivity index (χ1n) is 6.81. The summed E-state index contributed by atoms with van der Waals surface area (Å²) in [6.45, 7) is 1.96. The number of amides is 1. The van der Waals surface area contributed by atoms with Crippen molar-refractivity contribution in [3.05, 3.63) is 23.8 Å². The van der Waals surface area contributed by atoms with Gasteiger partial charge in [0, 0.05) is 17.8 Å². The van der Waals surface area contributed by atoms with Crippen molar-refractivity contribution in [3.63, 3.8) is 0 Å². The predicted molar refractivity (Wildman–Crippen MR) is 75.4 cm³/mol. The molecule has 0 unspecified atom stereocenters. The Labute approximate surface area is 109 Å². The molecule has 1 aliphatic carbocycles. The van der Waals surface area contributed by atoms with Gasteiger partial charge in [-0.2, -0.15) is 0 Å². The van der Waals surface area contributed by atoms with Crippen molar-refractivity contribution < 1.29 is 4.79 Å². The largest absolute Gasteiger partial charge is 0.399 e. The molecule has 3 heteroatoms. The molecule has 18 heavy (non-hydrogen) atoms. The molecule has 1 aliphatic rings. The summed E-state index contributed by atoms with van der Waals surface area (Å²) in [5.74, 6) is 0.887. The number of hydrogen-bond acceptors (Lipinski definition) is 2. The van der Waals surface area contributed by atoms with Gasteiger partial charge in [0.1, 0.15) is 0 Å². The van der Waals surface area contributed by atoms with E-state index in [0.717, 1.165) is 29.3 Å². The molecule has 3 N–H and O–H groups in total. The van der Waals surface area contributed by atoms with Gasteiger partial charge in [-0.15, -0.1) is 0 Å². The minimum atomic E-state index is 0.120. The van der Waals surface area contributed by atoms with Gasteiger partial charge >= 0.3 is 0 Å². The van der Waals surface area contributed by atoms with Gasteiger partial charge in [0.05, 0.1) is 0 Å². The van der Waals surface area contributed by atoms with Crippen LogP contribution in [0.1, 0.15) is 44.1 Å². The highest BCUT2D eigenvalue weighted by Crippen LogP contribution is 2.28. The number of benzene rings is 1. The molecule has 1 amide bonds. The first-order valence-corrected chi connectivity index (χ1v) is 6.81. The normalized spacial score (nSPS) is 15.8. The van der Waals surface area contributed by atoms with Crippen LogP contribution in [0.15, 0.2) is 18.2 Å². The summed E-state index contributed by atoms with van der Waals surface area (Å²) < 4.78 is 0. The lowest BCUT2D eigenvalue weighted by Gasteiger charge is -2.11. The fourth-order valence-corrected chi connectivity index (χ4v) is 2.67. The van der Waals surface area contributed by atoms with Crippen LogP contribution in [0.3, 0.4) is 0 Å². The van der Waals surface area contributed by atoms with Crippen LogP contribution in [-0.4, -0.2) is 5.91 Å². The molecule has 0 aromatic heterocycles. The maximum atomic E-state index is 11.9. The molecule has 1 aromatic rings. The minimum absolute atomic E-state index is 0.120. The summed E-state index contributed by atoms with van der Waals surface area (Å²) in [6, 6.07) is 5.57. The molecule has 3 nitrogen and oxygen atoms in total. The summed E-state index contributed by atoms with van der Waals surface area (Å²) in [5.41, 5.74) is 8.31. The van der Waals surface area contributed by atoms with Crippen molar-refractivity contribution in [2.45, 2.75) is 45.4 Å². The topological polar surface area (TPSA) is 55.1 Å². The van der Waals surface area contributed by atoms with Gasteiger partial charge < -0.3 is 11.1 Å². The lowest BCUT2D eigenvalue weighted by atomic mass is 10.0. The predicted octanol–water partition coefficient (Wildman–Crippen LogP) is 3.49. The lowest BCUT2D eigenvalue weighted by molar-refractivity contribution is -0.116. The third kappa shape index (κ3) is 3.49. The van der Waals surface area contributed by atoms with Crippen molar-refractivity contribution in [2.24, 2.45) is 5.92 Å². The highest BCUT2D eigenvalue weighted by Gasteiger charge is 2.16. The van der Waals surface area contributed by atoms with Gasteiger partial charge in [-0.25, -0.2) is 0 Å². The van der Waals surface area contributed by atoms with Crippen LogP contribution in [0.5, 0.6) is 0 Å². The van der Waals surface area contributed by atoms with Crippen LogP contribution >= 0.6 is 0 Å². The van der Waals surface area contributed by atoms with E-state index in [2.05, 4.69) is 5.32 Å². The number of aryl methyl sites for hydroxylation is 1. The third-order valence-electron chi connectivity index (χ3n) is 3.78. The molecule has 0 spiro atoms. The van der Waals surface area contributed by atoms with Crippen molar-refractivity contribution in [3.8, 4) is 0 Å². The van der Waals surface area contributed by atoms with Crippen molar-refractivity contribution >= 4 is 17.3 Å². The quantitative estimate of drug-likeness (QED) is 0.799. The zero-order valence-corrected chi connectivity index (χ0v) is 11.0. The van der Waals surface area contributed by atoms with E-state index in [1.807, 2.05) is 25.1 Å². The Morgan fingerprint density at radius 2 is 2.11 bits per heavy atom. The highest BCUT2D eigenvalue weighted by atomic mass is 16.1. The standard InChI is InChI=1S/C15H22N2O/c1-11-10-13(16)7-8-14(11)17-15(18)9-6-12-4-2-3-5-12/h7-8,10,12H,2-6,9,16H2,1H3,(H,17,18). The van der Waals surface area contributed by atoms with E-state index in [-0.39, 0.29) is 5.91 Å². The van der Waals surface area contributed by atoms with Gasteiger partial charge in [0.2, 0.25) is 5.91 Å². The van der Waals surface area contributed by atoms with Crippen molar-refractivity contribution in [2.75, 3.05) is 11.1 Å². The van der Waals surface area contributed by atoms with E-state index >= 15 is 0 Å². The number of anilines is 2. The monoisotopic (exact) mass is 246 g/mol. The number of nitrogens with two attached hydrogens (primary N) is 1. The van der Waals surface area contributed by atoms with Gasteiger partial charge in [-0.3, -0.25) is 4.79 Å². The fraction of sp³-hybridized carbons (Fsp3) is 0.533. The van der Waals surface area contributed by atoms with E-state index in [4.69, 9.17) is 5.73 Å². The Balaban J connectivity index is 1.82. The van der Waals surface area contributed by atoms with E-state index in [9.17, 15) is 4.79 Å². The molecule has 2 rings (SSSR count). The molecule has 0 saturated heterocycles. The van der Waals surface area contributed by atoms with Crippen LogP contribution in [0.25, 0.3) is 0 Å². The third-order valence-corrected chi connectivity index (χ3v) is 3.78. The zero-order valence-electron chi connectivity index (χ0n) is 11.0. The molecular formula is C15H22N2O. The Hall–Kier alpha value is -1.51. The number of nitrogens with one attached hydrogen (secondary N) is 1. The summed E-state index contributed by atoms with van der Waals surface area (Å²) >= 11 is 0. The van der Waals surface area contributed by atoms with Gasteiger partial charge in [-0.1, -0.05) is 25.7 Å². The Kier molecular flexibility index (Phi) is 4.24. The zero-order chi connectivity index (χ0) is 13.0. The summed E-state index contributed by atoms with van der Waals surface area (Å²) in [6.07, 6.45) is 6.93. The molecule has 1 aromatic carbocycles. The average molecular weight is 246 g/mol. The van der Waals surface area contributed by atoms with Crippen LogP contribution in [-0.2, 0) is 4.79 Å². The van der Waals surface area contributed by atoms with E-state index < -0.39 is 0 Å². The van der Waals surface area contributed by atoms with Crippen LogP contribution in [0.4, 0.5) is 11.4 Å². The minimum Gasteiger partial charge on any atom is -0.399 e. The number of nitrogen functional groups attached to an aromatic ring is 1. The number of rotatable bonds is 4. The Morgan fingerprint density at radius 1 is 1.39 bits per heavy atom. The maximum Gasteiger partial charge on any atom is 0.224 e. The summed E-state index contributed by atoms with van der Waals surface area (Å²) in [5, 5.41) is 2.97. The molecule has 1 fully saturated rings. The molecule has 1 saturated carbocycles. The number of hydrogen-bond donors (Lipinski definition) is 2. The Morgan fingerprint density at radius 3 is 2.78 bits per heavy atom. The number of carbonyl (C=O) groups is 1. The second-order valence-corrected chi connectivity index (χ2v) is 5.31. The van der Waals surface area contributed by atoms with E-state index in [1.54, 1.807) is 0 Å². The average Bonchev–Trinajstić information content (AvgIpc) is 2.83. The SMILES string of the molecule is Cc1cc(N)ccc1NC(=O)CCC1CCCC1. The first-order chi connectivity index (χ1) is 8.65. The van der Waals surface area contributed by atoms with Gasteiger partial charge in [0.25, 0.3) is 0 Å². The second-order valence-electron chi connectivity index (χ2n) is 5.31. The number of carbonyl (C=O) groups excluding carboxylic acids is 1. The molecule has 0 aliphatic heterocycles. The Bertz CT molecular complexity index is 423. The van der Waals surface area contributed by atoms with Crippen molar-refractivity contribution in [1.29, 1.82) is 0 Å². The smallest absolute Gasteiger partial charge is 0.224 e. The highest BCUT2D eigenvalue weighted by molar-refractivity contribution is 5.91. The molecule has 0 atom stereocenters. The van der Waals surface area contributed by atoms with Gasteiger partial charge in [-0.05, 0) is 43.0 Å². The maximum absolute atomic E-state index is 11.9. The fourth-order valence-electron chi connectivity index (χ4n) is 2.67. The first kappa shape index (κ1) is 12.9. The van der Waals surface area contributed by atoms with Crippen LogP contribution in [0, 0.1) is 12.8 Å². The van der Waals surface area contributed by atoms with Crippen LogP contribution in [0.2, 0.25) is 0 Å². The molecule has 0 bridgehead atoms. The summed E-state index contributed by atoms with van der Waals surface area (Å²) in [4.78, 5) is 11.9. The molecule has 98 valence electrons.